The zero-order valence-electron chi connectivity index (χ0n) is 11.4. The number of carbonyl (C=O) groups is 1. The van der Waals surface area contributed by atoms with Crippen molar-refractivity contribution in [3.63, 3.8) is 0 Å². The van der Waals surface area contributed by atoms with Crippen LogP contribution in [0.2, 0.25) is 0 Å². The Morgan fingerprint density at radius 1 is 1.22 bits per heavy atom. The Morgan fingerprint density at radius 2 is 1.94 bits per heavy atom. The summed E-state index contributed by atoms with van der Waals surface area (Å²) in [5.74, 6) is 0.337. The fraction of sp³-hybridized carbons (Fsp3) is 0.923. The number of amides is 1. The molecule has 18 heavy (non-hydrogen) atoms. The Hall–Kier alpha value is -0.320. The molecule has 1 amide bonds. The molecule has 106 valence electrons. The highest BCUT2D eigenvalue weighted by Crippen LogP contribution is 2.16. The summed E-state index contributed by atoms with van der Waals surface area (Å²) in [5, 5.41) is 3.28. The van der Waals surface area contributed by atoms with E-state index in [-0.39, 0.29) is 12.4 Å². The Balaban J connectivity index is 0.00000162. The molecule has 4 nitrogen and oxygen atoms in total. The maximum absolute atomic E-state index is 12.0. The van der Waals surface area contributed by atoms with Gasteiger partial charge < -0.3 is 15.1 Å². The second kappa shape index (κ2) is 7.97. The van der Waals surface area contributed by atoms with E-state index in [9.17, 15) is 4.79 Å². The zero-order valence-corrected chi connectivity index (χ0v) is 12.2. The van der Waals surface area contributed by atoms with Crippen LogP contribution >= 0.6 is 12.4 Å². The molecular formula is C13H26ClN3O. The lowest BCUT2D eigenvalue weighted by Crippen LogP contribution is -2.47. The summed E-state index contributed by atoms with van der Waals surface area (Å²) in [7, 11) is 0. The van der Waals surface area contributed by atoms with Crippen LogP contribution in [0.1, 0.15) is 32.6 Å². The topological polar surface area (TPSA) is 35.6 Å². The maximum Gasteiger partial charge on any atom is 0.223 e. The van der Waals surface area contributed by atoms with Gasteiger partial charge in [0, 0.05) is 45.2 Å². The summed E-state index contributed by atoms with van der Waals surface area (Å²) in [5.41, 5.74) is 0. The number of carbonyl (C=O) groups excluding carboxylic acids is 1. The van der Waals surface area contributed by atoms with Gasteiger partial charge in [0.05, 0.1) is 0 Å². The molecule has 0 saturated carbocycles. The fourth-order valence-electron chi connectivity index (χ4n) is 2.80. The minimum atomic E-state index is 0. The number of rotatable bonds is 3. The molecule has 2 rings (SSSR count). The van der Waals surface area contributed by atoms with Crippen molar-refractivity contribution in [1.82, 2.24) is 15.1 Å². The number of nitrogens with zero attached hydrogens (tertiary/aromatic N) is 2. The average Bonchev–Trinajstić information content (AvgIpc) is 2.38. The lowest BCUT2D eigenvalue weighted by Gasteiger charge is -2.34. The van der Waals surface area contributed by atoms with E-state index in [0.29, 0.717) is 18.4 Å². The van der Waals surface area contributed by atoms with Crippen LogP contribution in [0.3, 0.4) is 0 Å². The Labute approximate surface area is 116 Å². The molecule has 0 aromatic carbocycles. The molecule has 1 N–H and O–H groups in total. The summed E-state index contributed by atoms with van der Waals surface area (Å²) in [4.78, 5) is 16.5. The first kappa shape index (κ1) is 15.7. The zero-order chi connectivity index (χ0) is 12.1. The lowest BCUT2D eigenvalue weighted by atomic mass is 10.0. The molecule has 2 aliphatic rings. The van der Waals surface area contributed by atoms with Crippen LogP contribution in [0.4, 0.5) is 0 Å². The second-order valence-corrected chi connectivity index (χ2v) is 5.26. The lowest BCUT2D eigenvalue weighted by molar-refractivity contribution is -0.132. The number of hydrogen-bond acceptors (Lipinski definition) is 3. The molecule has 1 atom stereocenters. The smallest absolute Gasteiger partial charge is 0.223 e. The molecule has 0 radical (unpaired) electrons. The highest BCUT2D eigenvalue weighted by atomic mass is 35.5. The number of piperidine rings is 1. The predicted molar refractivity (Wildman–Crippen MR) is 76.2 cm³/mol. The van der Waals surface area contributed by atoms with Crippen molar-refractivity contribution < 1.29 is 4.79 Å². The molecule has 0 spiro atoms. The van der Waals surface area contributed by atoms with Gasteiger partial charge in [-0.05, 0) is 26.3 Å². The van der Waals surface area contributed by atoms with E-state index >= 15 is 0 Å². The number of halogens is 1. The quantitative estimate of drug-likeness (QED) is 0.838. The van der Waals surface area contributed by atoms with Crippen molar-refractivity contribution in [1.29, 1.82) is 0 Å². The van der Waals surface area contributed by atoms with Gasteiger partial charge >= 0.3 is 0 Å². The Morgan fingerprint density at radius 3 is 2.61 bits per heavy atom. The summed E-state index contributed by atoms with van der Waals surface area (Å²) < 4.78 is 0. The first-order valence-electron chi connectivity index (χ1n) is 7.00. The van der Waals surface area contributed by atoms with Gasteiger partial charge in [0.2, 0.25) is 5.91 Å². The van der Waals surface area contributed by atoms with Gasteiger partial charge in [-0.2, -0.15) is 0 Å². The van der Waals surface area contributed by atoms with Gasteiger partial charge in [-0.25, -0.2) is 0 Å². The largest absolute Gasteiger partial charge is 0.340 e. The first-order valence-corrected chi connectivity index (χ1v) is 7.00. The van der Waals surface area contributed by atoms with Crippen LogP contribution in [0.25, 0.3) is 0 Å². The fourth-order valence-corrected chi connectivity index (χ4v) is 2.80. The van der Waals surface area contributed by atoms with Crippen molar-refractivity contribution >= 4 is 18.3 Å². The summed E-state index contributed by atoms with van der Waals surface area (Å²) in [6.07, 6.45) is 4.64. The van der Waals surface area contributed by atoms with Crippen molar-refractivity contribution in [3.05, 3.63) is 0 Å². The third-order valence-corrected chi connectivity index (χ3v) is 4.02. The molecule has 2 aliphatic heterocycles. The van der Waals surface area contributed by atoms with Crippen molar-refractivity contribution in [2.24, 2.45) is 0 Å². The van der Waals surface area contributed by atoms with Crippen LogP contribution in [0.5, 0.6) is 0 Å². The van der Waals surface area contributed by atoms with Gasteiger partial charge in [-0.3, -0.25) is 4.79 Å². The van der Waals surface area contributed by atoms with E-state index < -0.39 is 0 Å². The van der Waals surface area contributed by atoms with E-state index in [0.717, 1.165) is 32.7 Å². The van der Waals surface area contributed by atoms with E-state index in [1.54, 1.807) is 0 Å². The van der Waals surface area contributed by atoms with Gasteiger partial charge in [-0.15, -0.1) is 12.4 Å². The van der Waals surface area contributed by atoms with E-state index in [1.807, 2.05) is 4.90 Å². The molecule has 2 heterocycles. The van der Waals surface area contributed by atoms with Gasteiger partial charge in [-0.1, -0.05) is 6.42 Å². The van der Waals surface area contributed by atoms with E-state index in [4.69, 9.17) is 0 Å². The molecule has 2 fully saturated rings. The van der Waals surface area contributed by atoms with E-state index in [2.05, 4.69) is 17.1 Å². The van der Waals surface area contributed by atoms with Crippen molar-refractivity contribution in [2.75, 3.05) is 39.3 Å². The molecule has 0 aliphatic carbocycles. The van der Waals surface area contributed by atoms with Crippen LogP contribution in [0, 0.1) is 0 Å². The number of likely N-dealkylation sites (tertiary alicyclic amines) is 1. The van der Waals surface area contributed by atoms with Crippen LogP contribution in [0.15, 0.2) is 0 Å². The predicted octanol–water partition coefficient (Wildman–Crippen LogP) is 1.10. The molecule has 0 aromatic rings. The van der Waals surface area contributed by atoms with Crippen molar-refractivity contribution in [3.8, 4) is 0 Å². The second-order valence-electron chi connectivity index (χ2n) is 5.26. The molecule has 0 aromatic heterocycles. The van der Waals surface area contributed by atoms with Gasteiger partial charge in [0.1, 0.15) is 0 Å². The summed E-state index contributed by atoms with van der Waals surface area (Å²) >= 11 is 0. The minimum Gasteiger partial charge on any atom is -0.340 e. The average molecular weight is 276 g/mol. The Bertz CT molecular complexity index is 257. The van der Waals surface area contributed by atoms with Crippen LogP contribution < -0.4 is 5.32 Å². The monoisotopic (exact) mass is 275 g/mol. The first-order chi connectivity index (χ1) is 8.27. The minimum absolute atomic E-state index is 0. The highest BCUT2D eigenvalue weighted by molar-refractivity contribution is 5.85. The van der Waals surface area contributed by atoms with Crippen LogP contribution in [-0.4, -0.2) is 61.0 Å². The van der Waals surface area contributed by atoms with Gasteiger partial charge in [0.15, 0.2) is 0 Å². The highest BCUT2D eigenvalue weighted by Gasteiger charge is 2.21. The number of hydrogen-bond donors (Lipinski definition) is 1. The molecule has 0 bridgehead atoms. The number of nitrogens with one attached hydrogen (secondary N) is 1. The molecule has 1 unspecified atom stereocenters. The molecule has 2 saturated heterocycles. The van der Waals surface area contributed by atoms with Crippen molar-refractivity contribution in [2.45, 2.75) is 38.6 Å². The standard InChI is InChI=1S/C13H25N3O.ClH/c1-12-4-2-3-8-15(12)9-5-13(17)16-10-6-14-7-11-16;/h12,14H,2-11H2,1H3;1H. The summed E-state index contributed by atoms with van der Waals surface area (Å²) in [6, 6.07) is 0.666. The third-order valence-electron chi connectivity index (χ3n) is 4.02. The van der Waals surface area contributed by atoms with Crippen LogP contribution in [-0.2, 0) is 4.79 Å². The Kier molecular flexibility index (Phi) is 6.97. The SMILES string of the molecule is CC1CCCCN1CCC(=O)N1CCNCC1.Cl. The maximum atomic E-state index is 12.0. The third kappa shape index (κ3) is 4.41. The summed E-state index contributed by atoms with van der Waals surface area (Å²) in [6.45, 7) is 8.08. The normalized spacial score (nSPS) is 25.6. The molecule has 5 heteroatoms. The van der Waals surface area contributed by atoms with Gasteiger partial charge in [0.25, 0.3) is 0 Å². The van der Waals surface area contributed by atoms with E-state index in [1.165, 1.54) is 25.8 Å². The molecular weight excluding hydrogens is 250 g/mol. The number of piperazine rings is 1.